The molecular weight excluding hydrogens is 293 g/mol. The molecule has 4 heteroatoms. The van der Waals surface area contributed by atoms with E-state index in [0.29, 0.717) is 21.7 Å². The summed E-state index contributed by atoms with van der Waals surface area (Å²) in [6.07, 6.45) is 2.57. The number of hydrogen-bond acceptors (Lipinski definition) is 2. The average molecular weight is 314 g/mol. The smallest absolute Gasteiger partial charge is 0.181 e. The van der Waals surface area contributed by atoms with Crippen molar-refractivity contribution in [3.05, 3.63) is 33.8 Å². The third-order valence-electron chi connectivity index (χ3n) is 3.90. The Hall–Kier alpha value is -0.570. The topological polar surface area (TPSA) is 20.3 Å². The van der Waals surface area contributed by atoms with Crippen molar-refractivity contribution in [2.75, 3.05) is 6.54 Å². The third kappa shape index (κ3) is 3.75. The number of rotatable bonds is 6. The fourth-order valence-corrected chi connectivity index (χ4v) is 2.98. The van der Waals surface area contributed by atoms with Gasteiger partial charge in [-0.15, -0.1) is 0 Å². The highest BCUT2D eigenvalue weighted by atomic mass is 35.5. The molecule has 1 atom stereocenters. The number of carbonyl (C=O) groups is 1. The molecule has 1 fully saturated rings. The van der Waals surface area contributed by atoms with Crippen molar-refractivity contribution in [3.63, 3.8) is 0 Å². The highest BCUT2D eigenvalue weighted by molar-refractivity contribution is 6.37. The molecule has 20 heavy (non-hydrogen) atoms. The maximum absolute atomic E-state index is 12.7. The van der Waals surface area contributed by atoms with Crippen molar-refractivity contribution in [1.82, 2.24) is 4.90 Å². The number of carbonyl (C=O) groups excluding carboxylic acids is 1. The molecule has 1 saturated carbocycles. The van der Waals surface area contributed by atoms with Crippen LogP contribution in [0.25, 0.3) is 0 Å². The van der Waals surface area contributed by atoms with E-state index in [0.717, 1.165) is 12.5 Å². The van der Waals surface area contributed by atoms with Crippen LogP contribution >= 0.6 is 23.2 Å². The summed E-state index contributed by atoms with van der Waals surface area (Å²) in [4.78, 5) is 14.9. The minimum absolute atomic E-state index is 0.0704. The molecule has 2 nitrogen and oxygen atoms in total. The van der Waals surface area contributed by atoms with Gasteiger partial charge in [-0.1, -0.05) is 23.2 Å². The largest absolute Gasteiger partial charge is 0.292 e. The number of halogens is 2. The first-order valence-corrected chi connectivity index (χ1v) is 7.90. The molecule has 1 aromatic carbocycles. The molecule has 0 bridgehead atoms. The van der Waals surface area contributed by atoms with Gasteiger partial charge in [0.15, 0.2) is 5.78 Å². The predicted octanol–water partition coefficient (Wildman–Crippen LogP) is 4.69. The van der Waals surface area contributed by atoms with Crippen LogP contribution in [-0.2, 0) is 0 Å². The van der Waals surface area contributed by atoms with Gasteiger partial charge in [-0.05, 0) is 57.7 Å². The van der Waals surface area contributed by atoms with Gasteiger partial charge in [0.1, 0.15) is 0 Å². The molecule has 0 aliphatic heterocycles. The second kappa shape index (κ2) is 6.46. The van der Waals surface area contributed by atoms with Gasteiger partial charge in [0.25, 0.3) is 0 Å². The number of Topliss-reactive ketones (excluding diaryl/α,β-unsaturated/α-hetero) is 1. The van der Waals surface area contributed by atoms with E-state index in [9.17, 15) is 4.79 Å². The number of nitrogens with zero attached hydrogens (tertiary/aromatic N) is 1. The average Bonchev–Trinajstić information content (AvgIpc) is 3.18. The molecule has 0 saturated heterocycles. The Morgan fingerprint density at radius 3 is 2.45 bits per heavy atom. The van der Waals surface area contributed by atoms with Crippen LogP contribution < -0.4 is 0 Å². The van der Waals surface area contributed by atoms with Crippen molar-refractivity contribution < 1.29 is 4.79 Å². The van der Waals surface area contributed by atoms with Gasteiger partial charge < -0.3 is 0 Å². The fraction of sp³-hybridized carbons (Fsp3) is 0.562. The van der Waals surface area contributed by atoms with E-state index in [1.54, 1.807) is 18.2 Å². The summed E-state index contributed by atoms with van der Waals surface area (Å²) in [6.45, 7) is 7.23. The lowest BCUT2D eigenvalue weighted by Gasteiger charge is -2.32. The van der Waals surface area contributed by atoms with Gasteiger partial charge in [-0.2, -0.15) is 0 Å². The lowest BCUT2D eigenvalue weighted by Crippen LogP contribution is -2.44. The summed E-state index contributed by atoms with van der Waals surface area (Å²) < 4.78 is 0. The molecular formula is C16H21Cl2NO. The van der Waals surface area contributed by atoms with Crippen LogP contribution in [0.4, 0.5) is 0 Å². The quantitative estimate of drug-likeness (QED) is 0.710. The molecule has 1 aromatic rings. The van der Waals surface area contributed by atoms with Crippen molar-refractivity contribution in [3.8, 4) is 0 Å². The Balaban J connectivity index is 2.16. The SMILES string of the molecule is CC(C)N(CC1CC1)C(C)C(=O)c1ccc(Cl)cc1Cl. The predicted molar refractivity (Wildman–Crippen MR) is 84.8 cm³/mol. The van der Waals surface area contributed by atoms with Gasteiger partial charge in [0, 0.05) is 23.2 Å². The summed E-state index contributed by atoms with van der Waals surface area (Å²) in [5, 5.41) is 0.988. The second-order valence-electron chi connectivity index (χ2n) is 5.90. The lowest BCUT2D eigenvalue weighted by molar-refractivity contribution is 0.0779. The minimum Gasteiger partial charge on any atom is -0.292 e. The van der Waals surface area contributed by atoms with Crippen molar-refractivity contribution in [2.45, 2.75) is 45.7 Å². The molecule has 0 amide bonds. The maximum Gasteiger partial charge on any atom is 0.181 e. The van der Waals surface area contributed by atoms with Crippen LogP contribution in [0.5, 0.6) is 0 Å². The summed E-state index contributed by atoms with van der Waals surface area (Å²) in [5.41, 5.74) is 0.560. The van der Waals surface area contributed by atoms with Gasteiger partial charge in [-0.25, -0.2) is 0 Å². The number of benzene rings is 1. The Morgan fingerprint density at radius 2 is 1.95 bits per heavy atom. The summed E-state index contributed by atoms with van der Waals surface area (Å²) in [7, 11) is 0. The molecule has 1 aliphatic rings. The first-order valence-electron chi connectivity index (χ1n) is 7.15. The highest BCUT2D eigenvalue weighted by Crippen LogP contribution is 2.32. The Labute approximate surface area is 131 Å². The molecule has 1 unspecified atom stereocenters. The third-order valence-corrected chi connectivity index (χ3v) is 4.45. The van der Waals surface area contributed by atoms with Crippen molar-refractivity contribution >= 4 is 29.0 Å². The Morgan fingerprint density at radius 1 is 1.30 bits per heavy atom. The fourth-order valence-electron chi connectivity index (χ4n) is 2.48. The van der Waals surface area contributed by atoms with E-state index in [1.165, 1.54) is 12.8 Å². The highest BCUT2D eigenvalue weighted by Gasteiger charge is 2.31. The van der Waals surface area contributed by atoms with Crippen LogP contribution in [-0.4, -0.2) is 29.3 Å². The van der Waals surface area contributed by atoms with Gasteiger partial charge in [0.2, 0.25) is 0 Å². The normalized spacial score (nSPS) is 16.8. The zero-order valence-corrected chi connectivity index (χ0v) is 13.7. The summed E-state index contributed by atoms with van der Waals surface area (Å²) in [5.74, 6) is 0.828. The van der Waals surface area contributed by atoms with Gasteiger partial charge in [0.05, 0.1) is 11.1 Å². The lowest BCUT2D eigenvalue weighted by atomic mass is 10.0. The summed E-state index contributed by atoms with van der Waals surface area (Å²) in [6, 6.07) is 5.26. The molecule has 0 N–H and O–H groups in total. The van der Waals surface area contributed by atoms with Crippen LogP contribution in [0.3, 0.4) is 0 Å². The Kier molecular flexibility index (Phi) is 5.11. The van der Waals surface area contributed by atoms with E-state index in [4.69, 9.17) is 23.2 Å². The second-order valence-corrected chi connectivity index (χ2v) is 6.74. The van der Waals surface area contributed by atoms with E-state index in [-0.39, 0.29) is 11.8 Å². The van der Waals surface area contributed by atoms with Crippen molar-refractivity contribution in [2.24, 2.45) is 5.92 Å². The molecule has 2 rings (SSSR count). The zero-order chi connectivity index (χ0) is 14.9. The first kappa shape index (κ1) is 15.8. The molecule has 0 spiro atoms. The van der Waals surface area contributed by atoms with Gasteiger partial charge in [-0.3, -0.25) is 9.69 Å². The van der Waals surface area contributed by atoms with E-state index < -0.39 is 0 Å². The monoisotopic (exact) mass is 313 g/mol. The Bertz CT molecular complexity index is 497. The molecule has 0 radical (unpaired) electrons. The van der Waals surface area contributed by atoms with E-state index >= 15 is 0 Å². The number of hydrogen-bond donors (Lipinski definition) is 0. The number of ketones is 1. The van der Waals surface area contributed by atoms with E-state index in [1.807, 2.05) is 6.92 Å². The minimum atomic E-state index is -0.158. The van der Waals surface area contributed by atoms with Crippen LogP contribution in [0, 0.1) is 5.92 Å². The first-order chi connectivity index (χ1) is 9.40. The maximum atomic E-state index is 12.7. The van der Waals surface area contributed by atoms with Crippen molar-refractivity contribution in [1.29, 1.82) is 0 Å². The standard InChI is InChI=1S/C16H21Cl2NO/c1-10(2)19(9-12-4-5-12)11(3)16(20)14-7-6-13(17)8-15(14)18/h6-8,10-12H,4-5,9H2,1-3H3. The van der Waals surface area contributed by atoms with Crippen LogP contribution in [0.15, 0.2) is 18.2 Å². The molecule has 0 heterocycles. The molecule has 1 aliphatic carbocycles. The molecule has 0 aromatic heterocycles. The molecule has 110 valence electrons. The van der Waals surface area contributed by atoms with E-state index in [2.05, 4.69) is 18.7 Å². The van der Waals surface area contributed by atoms with Crippen LogP contribution in [0.2, 0.25) is 10.0 Å². The summed E-state index contributed by atoms with van der Waals surface area (Å²) >= 11 is 12.0. The zero-order valence-electron chi connectivity index (χ0n) is 12.2. The van der Waals surface area contributed by atoms with Gasteiger partial charge >= 0.3 is 0 Å². The van der Waals surface area contributed by atoms with Crippen LogP contribution in [0.1, 0.15) is 44.0 Å².